The van der Waals surface area contributed by atoms with E-state index < -0.39 is 0 Å². The highest BCUT2D eigenvalue weighted by atomic mass is 16.5. The van der Waals surface area contributed by atoms with Gasteiger partial charge in [0.25, 0.3) is 5.56 Å². The molecule has 7 heteroatoms. The van der Waals surface area contributed by atoms with Crippen molar-refractivity contribution in [1.82, 2.24) is 19.5 Å². The first kappa shape index (κ1) is 20.0. The average molecular weight is 420 g/mol. The number of ether oxygens (including phenoxy) is 1. The zero-order chi connectivity index (χ0) is 21.2. The van der Waals surface area contributed by atoms with Crippen LogP contribution in [0.25, 0.3) is 11.0 Å². The monoisotopic (exact) mass is 419 g/mol. The van der Waals surface area contributed by atoms with Crippen LogP contribution in [0.5, 0.6) is 5.75 Å². The van der Waals surface area contributed by atoms with Gasteiger partial charge >= 0.3 is 0 Å². The molecule has 0 atom stereocenters. The maximum Gasteiger partial charge on any atom is 0.252 e. The summed E-state index contributed by atoms with van der Waals surface area (Å²) in [6.45, 7) is 4.49. The van der Waals surface area contributed by atoms with Crippen LogP contribution in [-0.4, -0.2) is 39.2 Å². The normalized spacial score (nSPS) is 18.0. The van der Waals surface area contributed by atoms with E-state index in [1.54, 1.807) is 18.5 Å². The molecule has 0 N–H and O–H groups in total. The summed E-state index contributed by atoms with van der Waals surface area (Å²) in [5.41, 5.74) is 1.81. The van der Waals surface area contributed by atoms with Gasteiger partial charge in [-0.1, -0.05) is 12.8 Å². The lowest BCUT2D eigenvalue weighted by Crippen LogP contribution is -2.36. The Morgan fingerprint density at radius 1 is 1.10 bits per heavy atom. The second-order valence-electron chi connectivity index (χ2n) is 8.81. The Morgan fingerprint density at radius 3 is 2.58 bits per heavy atom. The molecular formula is C24H29N5O2. The van der Waals surface area contributed by atoms with Crippen LogP contribution in [0.2, 0.25) is 0 Å². The summed E-state index contributed by atoms with van der Waals surface area (Å²) in [6.07, 6.45) is 11.9. The van der Waals surface area contributed by atoms with E-state index in [0.29, 0.717) is 5.92 Å². The number of pyridine rings is 2. The molecule has 1 aliphatic carbocycles. The van der Waals surface area contributed by atoms with Crippen LogP contribution >= 0.6 is 0 Å². The maximum atomic E-state index is 12.8. The number of hydrogen-bond acceptors (Lipinski definition) is 6. The van der Waals surface area contributed by atoms with Crippen molar-refractivity contribution in [3.05, 3.63) is 52.7 Å². The number of aryl methyl sites for hydroxylation is 1. The van der Waals surface area contributed by atoms with E-state index in [4.69, 9.17) is 9.72 Å². The van der Waals surface area contributed by atoms with E-state index in [9.17, 15) is 4.79 Å². The lowest BCUT2D eigenvalue weighted by Gasteiger charge is -2.32. The van der Waals surface area contributed by atoms with Gasteiger partial charge in [-0.25, -0.2) is 4.98 Å². The van der Waals surface area contributed by atoms with Crippen LogP contribution < -0.4 is 15.2 Å². The zero-order valence-corrected chi connectivity index (χ0v) is 18.0. The lowest BCUT2D eigenvalue weighted by atomic mass is 9.98. The van der Waals surface area contributed by atoms with Gasteiger partial charge in [0.05, 0.1) is 6.61 Å². The second-order valence-corrected chi connectivity index (χ2v) is 8.81. The zero-order valence-electron chi connectivity index (χ0n) is 18.0. The summed E-state index contributed by atoms with van der Waals surface area (Å²) in [5.74, 6) is 2.12. The summed E-state index contributed by atoms with van der Waals surface area (Å²) in [4.78, 5) is 28.7. The molecule has 0 aromatic carbocycles. The minimum atomic E-state index is 0.0634. The number of rotatable bonds is 5. The van der Waals surface area contributed by atoms with E-state index in [1.807, 2.05) is 29.8 Å². The molecule has 0 radical (unpaired) electrons. The Labute approximate surface area is 182 Å². The van der Waals surface area contributed by atoms with E-state index in [1.165, 1.54) is 12.8 Å². The Hall–Kier alpha value is -2.96. The van der Waals surface area contributed by atoms with Crippen molar-refractivity contribution in [3.63, 3.8) is 0 Å². The molecule has 0 unspecified atom stereocenters. The highest BCUT2D eigenvalue weighted by Crippen LogP contribution is 2.31. The van der Waals surface area contributed by atoms with Crippen molar-refractivity contribution in [3.8, 4) is 5.75 Å². The second kappa shape index (κ2) is 8.65. The molecule has 1 saturated carbocycles. The Bertz CT molecular complexity index is 1100. The number of aromatic nitrogens is 4. The molecule has 0 bridgehead atoms. The fourth-order valence-electron chi connectivity index (χ4n) is 4.88. The van der Waals surface area contributed by atoms with Crippen LogP contribution in [0.1, 0.15) is 50.1 Å². The minimum absolute atomic E-state index is 0.0634. The molecule has 1 aliphatic heterocycles. The van der Waals surface area contributed by atoms with Crippen molar-refractivity contribution < 1.29 is 4.74 Å². The van der Waals surface area contributed by atoms with Gasteiger partial charge in [0, 0.05) is 49.2 Å². The predicted octanol–water partition coefficient (Wildman–Crippen LogP) is 3.91. The summed E-state index contributed by atoms with van der Waals surface area (Å²) in [6, 6.07) is 5.78. The summed E-state index contributed by atoms with van der Waals surface area (Å²) in [7, 11) is 0. The molecule has 162 valence electrons. The predicted molar refractivity (Wildman–Crippen MR) is 121 cm³/mol. The molecule has 2 fully saturated rings. The minimum Gasteiger partial charge on any atom is -0.493 e. The molecule has 3 aromatic heterocycles. The van der Waals surface area contributed by atoms with Gasteiger partial charge in [0.2, 0.25) is 5.95 Å². The lowest BCUT2D eigenvalue weighted by molar-refractivity contribution is 0.222. The molecule has 31 heavy (non-hydrogen) atoms. The first-order valence-electron chi connectivity index (χ1n) is 11.4. The SMILES string of the molecule is Cc1cc(=O)n(C2CCCC2)c2nc(N3CCC(COc4ccncc4)CC3)ncc12. The third-order valence-electron chi connectivity index (χ3n) is 6.71. The van der Waals surface area contributed by atoms with Gasteiger partial charge < -0.3 is 9.64 Å². The van der Waals surface area contributed by atoms with Crippen molar-refractivity contribution in [2.24, 2.45) is 5.92 Å². The molecule has 2 aliphatic rings. The number of nitrogens with zero attached hydrogens (tertiary/aromatic N) is 5. The standard InChI is InChI=1S/C24H29N5O2/c1-17-14-22(30)29(19-4-2-3-5-19)23-21(17)15-26-24(27-23)28-12-8-18(9-13-28)16-31-20-6-10-25-11-7-20/h6-7,10-11,14-15,18-19H,2-5,8-9,12-13,16H2,1H3. The first-order valence-corrected chi connectivity index (χ1v) is 11.4. The number of fused-ring (bicyclic) bond motifs is 1. The number of hydrogen-bond donors (Lipinski definition) is 0. The van der Waals surface area contributed by atoms with Gasteiger partial charge in [-0.15, -0.1) is 0 Å². The highest BCUT2D eigenvalue weighted by Gasteiger charge is 2.24. The van der Waals surface area contributed by atoms with Crippen LogP contribution in [0, 0.1) is 12.8 Å². The largest absolute Gasteiger partial charge is 0.493 e. The van der Waals surface area contributed by atoms with Gasteiger partial charge in [-0.3, -0.25) is 14.3 Å². The summed E-state index contributed by atoms with van der Waals surface area (Å²) >= 11 is 0. The van der Waals surface area contributed by atoms with Gasteiger partial charge in [-0.2, -0.15) is 4.98 Å². The fourth-order valence-corrected chi connectivity index (χ4v) is 4.88. The highest BCUT2D eigenvalue weighted by molar-refractivity contribution is 5.79. The molecule has 5 rings (SSSR count). The third-order valence-corrected chi connectivity index (χ3v) is 6.71. The van der Waals surface area contributed by atoms with E-state index >= 15 is 0 Å². The number of piperidine rings is 1. The van der Waals surface area contributed by atoms with Crippen molar-refractivity contribution >= 4 is 17.0 Å². The quantitative estimate of drug-likeness (QED) is 0.624. The molecule has 4 heterocycles. The van der Waals surface area contributed by atoms with Crippen molar-refractivity contribution in [2.45, 2.75) is 51.5 Å². The van der Waals surface area contributed by atoms with Crippen LogP contribution in [-0.2, 0) is 0 Å². The molecule has 0 amide bonds. The molecule has 3 aromatic rings. The smallest absolute Gasteiger partial charge is 0.252 e. The third kappa shape index (κ3) is 4.13. The maximum absolute atomic E-state index is 12.8. The topological polar surface area (TPSA) is 73.1 Å². The Morgan fingerprint density at radius 2 is 1.84 bits per heavy atom. The van der Waals surface area contributed by atoms with Crippen LogP contribution in [0.4, 0.5) is 5.95 Å². The Balaban J connectivity index is 1.33. The van der Waals surface area contributed by atoms with Crippen molar-refractivity contribution in [2.75, 3.05) is 24.6 Å². The number of anilines is 1. The van der Waals surface area contributed by atoms with E-state index in [0.717, 1.165) is 73.7 Å². The first-order chi connectivity index (χ1) is 15.2. The molecule has 7 nitrogen and oxygen atoms in total. The van der Waals surface area contributed by atoms with Gasteiger partial charge in [0.1, 0.15) is 11.4 Å². The summed E-state index contributed by atoms with van der Waals surface area (Å²) in [5, 5.41) is 0.982. The summed E-state index contributed by atoms with van der Waals surface area (Å²) < 4.78 is 7.84. The van der Waals surface area contributed by atoms with Crippen LogP contribution in [0.3, 0.4) is 0 Å². The molecular weight excluding hydrogens is 390 g/mol. The fraction of sp³-hybridized carbons (Fsp3) is 0.500. The Kier molecular flexibility index (Phi) is 5.57. The van der Waals surface area contributed by atoms with E-state index in [2.05, 4.69) is 14.9 Å². The van der Waals surface area contributed by atoms with Gasteiger partial charge in [0.15, 0.2) is 0 Å². The molecule has 1 saturated heterocycles. The van der Waals surface area contributed by atoms with E-state index in [-0.39, 0.29) is 11.6 Å². The van der Waals surface area contributed by atoms with Crippen molar-refractivity contribution in [1.29, 1.82) is 0 Å². The van der Waals surface area contributed by atoms with Gasteiger partial charge in [-0.05, 0) is 56.2 Å². The van der Waals surface area contributed by atoms with Crippen LogP contribution in [0.15, 0.2) is 41.6 Å². The average Bonchev–Trinajstić information content (AvgIpc) is 3.33. The molecule has 0 spiro atoms.